The van der Waals surface area contributed by atoms with Crippen molar-refractivity contribution in [3.05, 3.63) is 47.2 Å². The molecule has 0 spiro atoms. The summed E-state index contributed by atoms with van der Waals surface area (Å²) in [5.41, 5.74) is 1.73. The number of methoxy groups -OCH3 is 2. The highest BCUT2D eigenvalue weighted by atomic mass is 35.5. The topological polar surface area (TPSA) is 72.5 Å². The molecule has 128 valence electrons. The van der Waals surface area contributed by atoms with Crippen LogP contribution in [0.3, 0.4) is 0 Å². The van der Waals surface area contributed by atoms with Gasteiger partial charge in [0.25, 0.3) is 5.91 Å². The van der Waals surface area contributed by atoms with Crippen LogP contribution in [0.2, 0.25) is 5.02 Å². The minimum absolute atomic E-state index is 0.309. The van der Waals surface area contributed by atoms with Gasteiger partial charge in [-0.05, 0) is 36.8 Å². The van der Waals surface area contributed by atoms with E-state index in [2.05, 4.69) is 15.6 Å². The molecule has 6 nitrogen and oxygen atoms in total. The van der Waals surface area contributed by atoms with Gasteiger partial charge in [-0.3, -0.25) is 9.78 Å². The van der Waals surface area contributed by atoms with Gasteiger partial charge in [0, 0.05) is 37.8 Å². The van der Waals surface area contributed by atoms with Crippen molar-refractivity contribution in [2.75, 3.05) is 38.0 Å². The Labute approximate surface area is 146 Å². The van der Waals surface area contributed by atoms with Crippen LogP contribution in [-0.4, -0.2) is 38.3 Å². The van der Waals surface area contributed by atoms with Crippen LogP contribution in [-0.2, 0) is 4.74 Å². The van der Waals surface area contributed by atoms with Gasteiger partial charge >= 0.3 is 0 Å². The van der Waals surface area contributed by atoms with Crippen LogP contribution < -0.4 is 15.4 Å². The van der Waals surface area contributed by atoms with Crippen LogP contribution in [0.1, 0.15) is 16.9 Å². The molecule has 2 N–H and O–H groups in total. The van der Waals surface area contributed by atoms with E-state index in [0.717, 1.165) is 18.7 Å². The summed E-state index contributed by atoms with van der Waals surface area (Å²) >= 11 is 6.05. The smallest absolute Gasteiger partial charge is 0.274 e. The average Bonchev–Trinajstić information content (AvgIpc) is 2.59. The monoisotopic (exact) mass is 349 g/mol. The van der Waals surface area contributed by atoms with Gasteiger partial charge in [0.15, 0.2) is 0 Å². The second kappa shape index (κ2) is 9.10. The fourth-order valence-electron chi connectivity index (χ4n) is 2.05. The number of rotatable bonds is 8. The Morgan fingerprint density at radius 3 is 2.75 bits per heavy atom. The minimum Gasteiger partial charge on any atom is -0.495 e. The summed E-state index contributed by atoms with van der Waals surface area (Å²) in [5, 5.41) is 6.42. The minimum atomic E-state index is -0.309. The molecule has 2 aromatic rings. The molecule has 0 saturated carbocycles. The molecule has 7 heteroatoms. The number of hydrogen-bond acceptors (Lipinski definition) is 5. The molecule has 1 amide bonds. The Morgan fingerprint density at radius 1 is 1.21 bits per heavy atom. The number of benzene rings is 1. The third-order valence-corrected chi connectivity index (χ3v) is 3.55. The number of carbonyl (C=O) groups excluding carboxylic acids is 1. The maximum absolute atomic E-state index is 12.3. The fraction of sp³-hybridized carbons (Fsp3) is 0.294. The number of halogens is 1. The van der Waals surface area contributed by atoms with Gasteiger partial charge in [-0.15, -0.1) is 0 Å². The SMILES string of the molecule is COCCCNc1ccnc(C(=O)Nc2ccc(OC)c(Cl)c2)c1. The van der Waals surface area contributed by atoms with E-state index in [1.54, 1.807) is 37.6 Å². The van der Waals surface area contributed by atoms with Crippen molar-refractivity contribution < 1.29 is 14.3 Å². The van der Waals surface area contributed by atoms with Gasteiger partial charge in [0.2, 0.25) is 0 Å². The van der Waals surface area contributed by atoms with E-state index in [1.165, 1.54) is 7.11 Å². The standard InChI is InChI=1S/C17H20ClN3O3/c1-23-9-3-7-19-12-6-8-20-15(11-12)17(22)21-13-4-5-16(24-2)14(18)10-13/h4-6,8,10-11H,3,7,9H2,1-2H3,(H,19,20)(H,21,22). The lowest BCUT2D eigenvalue weighted by Crippen LogP contribution is -2.14. The van der Waals surface area contributed by atoms with Crippen molar-refractivity contribution >= 4 is 28.9 Å². The molecule has 0 radical (unpaired) electrons. The number of amides is 1. The van der Waals surface area contributed by atoms with Crippen LogP contribution in [0.5, 0.6) is 5.75 Å². The highest BCUT2D eigenvalue weighted by Crippen LogP contribution is 2.27. The number of ether oxygens (including phenoxy) is 2. The summed E-state index contributed by atoms with van der Waals surface area (Å²) in [6.07, 6.45) is 2.47. The lowest BCUT2D eigenvalue weighted by molar-refractivity contribution is 0.102. The van der Waals surface area contributed by atoms with Crippen molar-refractivity contribution in [2.45, 2.75) is 6.42 Å². The Morgan fingerprint density at radius 2 is 2.04 bits per heavy atom. The molecule has 2 rings (SSSR count). The molecule has 0 fully saturated rings. The first-order valence-electron chi connectivity index (χ1n) is 7.48. The van der Waals surface area contributed by atoms with Gasteiger partial charge < -0.3 is 20.1 Å². The lowest BCUT2D eigenvalue weighted by atomic mass is 10.2. The maximum atomic E-state index is 12.3. The highest BCUT2D eigenvalue weighted by molar-refractivity contribution is 6.32. The Bertz CT molecular complexity index is 695. The van der Waals surface area contributed by atoms with E-state index in [1.807, 2.05) is 6.07 Å². The summed E-state index contributed by atoms with van der Waals surface area (Å²) in [6.45, 7) is 1.44. The first-order valence-corrected chi connectivity index (χ1v) is 7.85. The fourth-order valence-corrected chi connectivity index (χ4v) is 2.31. The van der Waals surface area contributed by atoms with Gasteiger partial charge in [-0.1, -0.05) is 11.6 Å². The molecular formula is C17H20ClN3O3. The van der Waals surface area contributed by atoms with Crippen molar-refractivity contribution in [2.24, 2.45) is 0 Å². The van der Waals surface area contributed by atoms with E-state index >= 15 is 0 Å². The molecule has 0 aliphatic rings. The second-order valence-electron chi connectivity index (χ2n) is 5.01. The predicted molar refractivity (Wildman–Crippen MR) is 95.2 cm³/mol. The molecule has 1 aromatic carbocycles. The van der Waals surface area contributed by atoms with E-state index < -0.39 is 0 Å². The number of aromatic nitrogens is 1. The summed E-state index contributed by atoms with van der Waals surface area (Å²) in [6, 6.07) is 8.56. The Balaban J connectivity index is 2.00. The zero-order chi connectivity index (χ0) is 17.4. The van der Waals surface area contributed by atoms with E-state index in [0.29, 0.717) is 28.8 Å². The number of carbonyl (C=O) groups is 1. The molecule has 0 aliphatic carbocycles. The molecule has 0 atom stereocenters. The zero-order valence-corrected chi connectivity index (χ0v) is 14.4. The van der Waals surface area contributed by atoms with E-state index in [9.17, 15) is 4.79 Å². The van der Waals surface area contributed by atoms with Gasteiger partial charge in [0.1, 0.15) is 11.4 Å². The van der Waals surface area contributed by atoms with Crippen molar-refractivity contribution in [1.82, 2.24) is 4.98 Å². The molecular weight excluding hydrogens is 330 g/mol. The van der Waals surface area contributed by atoms with Crippen LogP contribution in [0, 0.1) is 0 Å². The highest BCUT2D eigenvalue weighted by Gasteiger charge is 2.10. The number of hydrogen-bond donors (Lipinski definition) is 2. The van der Waals surface area contributed by atoms with Gasteiger partial charge in [-0.25, -0.2) is 0 Å². The third-order valence-electron chi connectivity index (χ3n) is 3.26. The van der Waals surface area contributed by atoms with E-state index in [-0.39, 0.29) is 5.91 Å². The summed E-state index contributed by atoms with van der Waals surface area (Å²) in [7, 11) is 3.20. The molecule has 24 heavy (non-hydrogen) atoms. The summed E-state index contributed by atoms with van der Waals surface area (Å²) < 4.78 is 10.1. The molecule has 0 unspecified atom stereocenters. The number of nitrogens with one attached hydrogen (secondary N) is 2. The van der Waals surface area contributed by atoms with Crippen LogP contribution >= 0.6 is 11.6 Å². The number of pyridine rings is 1. The molecule has 1 heterocycles. The third kappa shape index (κ3) is 5.11. The van der Waals surface area contributed by atoms with Crippen LogP contribution in [0.4, 0.5) is 11.4 Å². The molecule has 0 aliphatic heterocycles. The van der Waals surface area contributed by atoms with Crippen molar-refractivity contribution in [3.8, 4) is 5.75 Å². The Kier molecular flexibility index (Phi) is 6.84. The zero-order valence-electron chi connectivity index (χ0n) is 13.6. The van der Waals surface area contributed by atoms with Crippen LogP contribution in [0.15, 0.2) is 36.5 Å². The second-order valence-corrected chi connectivity index (χ2v) is 5.41. The molecule has 0 saturated heterocycles. The van der Waals surface area contributed by atoms with Crippen molar-refractivity contribution in [1.29, 1.82) is 0 Å². The average molecular weight is 350 g/mol. The van der Waals surface area contributed by atoms with Crippen LogP contribution in [0.25, 0.3) is 0 Å². The van der Waals surface area contributed by atoms with Gasteiger partial charge in [-0.2, -0.15) is 0 Å². The van der Waals surface area contributed by atoms with Crippen molar-refractivity contribution in [3.63, 3.8) is 0 Å². The maximum Gasteiger partial charge on any atom is 0.274 e. The Hall–Kier alpha value is -2.31. The predicted octanol–water partition coefficient (Wildman–Crippen LogP) is 3.44. The quantitative estimate of drug-likeness (QED) is 0.714. The summed E-state index contributed by atoms with van der Waals surface area (Å²) in [5.74, 6) is 0.242. The number of anilines is 2. The first-order chi connectivity index (χ1) is 11.6. The lowest BCUT2D eigenvalue weighted by Gasteiger charge is -2.09. The molecule has 1 aromatic heterocycles. The normalized spacial score (nSPS) is 10.3. The summed E-state index contributed by atoms with van der Waals surface area (Å²) in [4.78, 5) is 16.4. The first kappa shape index (κ1) is 18.0. The van der Waals surface area contributed by atoms with E-state index in [4.69, 9.17) is 21.1 Å². The largest absolute Gasteiger partial charge is 0.495 e. The van der Waals surface area contributed by atoms with Gasteiger partial charge in [0.05, 0.1) is 12.1 Å². The molecule has 0 bridgehead atoms. The number of nitrogens with zero attached hydrogens (tertiary/aromatic N) is 1.